The van der Waals surface area contributed by atoms with Gasteiger partial charge in [-0.25, -0.2) is 8.42 Å². The first kappa shape index (κ1) is 20.6. The summed E-state index contributed by atoms with van der Waals surface area (Å²) in [5.74, 6) is -0.338. The first-order chi connectivity index (χ1) is 13.3. The second-order valence-corrected chi connectivity index (χ2v) is 9.41. The zero-order valence-corrected chi connectivity index (χ0v) is 17.6. The molecule has 2 aromatic carbocycles. The number of benzene rings is 2. The van der Waals surface area contributed by atoms with Crippen LogP contribution in [0.1, 0.15) is 15.9 Å². The van der Waals surface area contributed by atoms with Gasteiger partial charge in [-0.3, -0.25) is 4.79 Å². The van der Waals surface area contributed by atoms with Crippen LogP contribution in [-0.2, 0) is 16.4 Å². The van der Waals surface area contributed by atoms with E-state index in [0.29, 0.717) is 6.54 Å². The number of carbonyl (C=O) groups excluding carboxylic acids is 1. The number of piperazine rings is 1. The Bertz CT molecular complexity index is 970. The van der Waals surface area contributed by atoms with Crippen molar-refractivity contribution < 1.29 is 13.2 Å². The van der Waals surface area contributed by atoms with Crippen molar-refractivity contribution in [3.8, 4) is 0 Å². The van der Waals surface area contributed by atoms with Crippen LogP contribution in [0.3, 0.4) is 0 Å². The van der Waals surface area contributed by atoms with Gasteiger partial charge >= 0.3 is 0 Å². The van der Waals surface area contributed by atoms with E-state index >= 15 is 0 Å². The fraction of sp³-hybridized carbons (Fsp3) is 0.350. The molecule has 6 nitrogen and oxygen atoms in total. The summed E-state index contributed by atoms with van der Waals surface area (Å²) in [5, 5.41) is 3.00. The molecule has 150 valence electrons. The molecule has 1 aliphatic heterocycles. The van der Waals surface area contributed by atoms with E-state index in [2.05, 4.69) is 28.2 Å². The number of sulfone groups is 1. The predicted molar refractivity (Wildman–Crippen MR) is 112 cm³/mol. The fourth-order valence-electron chi connectivity index (χ4n) is 3.22. The number of hydrogen-bond donors (Lipinski definition) is 1. The number of carbonyl (C=O) groups is 1. The zero-order chi connectivity index (χ0) is 20.3. The first-order valence-electron chi connectivity index (χ1n) is 9.05. The minimum absolute atomic E-state index is 0.0420. The lowest BCUT2D eigenvalue weighted by molar-refractivity contribution is 0.0950. The molecule has 3 rings (SSSR count). The first-order valence-corrected chi connectivity index (χ1v) is 11.3. The molecule has 1 N–H and O–H groups in total. The highest BCUT2D eigenvalue weighted by molar-refractivity contribution is 7.90. The quantitative estimate of drug-likeness (QED) is 0.802. The van der Waals surface area contributed by atoms with Crippen LogP contribution in [0, 0.1) is 0 Å². The van der Waals surface area contributed by atoms with Crippen molar-refractivity contribution in [2.45, 2.75) is 11.4 Å². The third-order valence-corrected chi connectivity index (χ3v) is 6.45. The molecule has 0 bridgehead atoms. The van der Waals surface area contributed by atoms with Crippen LogP contribution in [0.4, 0.5) is 5.69 Å². The maximum absolute atomic E-state index is 12.6. The largest absolute Gasteiger partial charge is 0.369 e. The number of halogens is 1. The molecule has 0 spiro atoms. The Morgan fingerprint density at radius 3 is 2.46 bits per heavy atom. The summed E-state index contributed by atoms with van der Waals surface area (Å²) in [6, 6.07) is 12.3. The number of para-hydroxylation sites is 1. The van der Waals surface area contributed by atoms with Crippen molar-refractivity contribution in [1.29, 1.82) is 0 Å². The summed E-state index contributed by atoms with van der Waals surface area (Å²) in [6.45, 7) is 4.24. The summed E-state index contributed by atoms with van der Waals surface area (Å²) in [6.07, 6.45) is 1.07. The SMILES string of the molecule is CN1CCN(c2ccccc2CNC(=O)c2ccc(Cl)c(S(C)(=O)=O)c2)CC1. The van der Waals surface area contributed by atoms with E-state index in [1.54, 1.807) is 0 Å². The molecule has 1 aliphatic rings. The molecule has 1 fully saturated rings. The van der Waals surface area contributed by atoms with Crippen molar-refractivity contribution in [1.82, 2.24) is 10.2 Å². The van der Waals surface area contributed by atoms with Gasteiger partial charge in [-0.15, -0.1) is 0 Å². The maximum atomic E-state index is 12.6. The second-order valence-electron chi connectivity index (χ2n) is 7.02. The van der Waals surface area contributed by atoms with Crippen LogP contribution < -0.4 is 10.2 Å². The smallest absolute Gasteiger partial charge is 0.251 e. The minimum Gasteiger partial charge on any atom is -0.369 e. The predicted octanol–water partition coefficient (Wildman–Crippen LogP) is 2.43. The van der Waals surface area contributed by atoms with Crippen LogP contribution in [0.5, 0.6) is 0 Å². The van der Waals surface area contributed by atoms with Crippen LogP contribution in [0.25, 0.3) is 0 Å². The molecule has 0 aromatic heterocycles. The Hall–Kier alpha value is -2.09. The molecule has 1 saturated heterocycles. The zero-order valence-electron chi connectivity index (χ0n) is 16.0. The Morgan fingerprint density at radius 1 is 1.11 bits per heavy atom. The standard InChI is InChI=1S/C20H24ClN3O3S/c1-23-9-11-24(12-10-23)18-6-4-3-5-16(18)14-22-20(25)15-7-8-17(21)19(13-15)28(2,26)27/h3-8,13H,9-12,14H2,1-2H3,(H,22,25). The molecule has 1 heterocycles. The Kier molecular flexibility index (Phi) is 6.27. The molecule has 0 aliphatic carbocycles. The molecule has 8 heteroatoms. The molecule has 0 radical (unpaired) electrons. The average molecular weight is 422 g/mol. The van der Waals surface area contributed by atoms with E-state index in [1.165, 1.54) is 18.2 Å². The van der Waals surface area contributed by atoms with E-state index in [1.807, 2.05) is 18.2 Å². The molecule has 0 atom stereocenters. The van der Waals surface area contributed by atoms with Gasteiger partial charge in [-0.2, -0.15) is 0 Å². The molecule has 0 saturated carbocycles. The van der Waals surface area contributed by atoms with E-state index < -0.39 is 9.84 Å². The third-order valence-electron chi connectivity index (χ3n) is 4.87. The van der Waals surface area contributed by atoms with Crippen LogP contribution in [-0.4, -0.2) is 58.7 Å². The Balaban J connectivity index is 1.74. The number of hydrogen-bond acceptors (Lipinski definition) is 5. The van der Waals surface area contributed by atoms with E-state index in [0.717, 1.165) is 43.7 Å². The number of nitrogens with zero attached hydrogens (tertiary/aromatic N) is 2. The van der Waals surface area contributed by atoms with Gasteiger partial charge in [-0.1, -0.05) is 29.8 Å². The average Bonchev–Trinajstić information content (AvgIpc) is 2.66. The summed E-state index contributed by atoms with van der Waals surface area (Å²) >= 11 is 5.96. The lowest BCUT2D eigenvalue weighted by atomic mass is 10.1. The highest BCUT2D eigenvalue weighted by atomic mass is 35.5. The molecule has 1 amide bonds. The molecule has 28 heavy (non-hydrogen) atoms. The van der Waals surface area contributed by atoms with Gasteiger partial charge in [0.05, 0.1) is 9.92 Å². The lowest BCUT2D eigenvalue weighted by Crippen LogP contribution is -2.45. The minimum atomic E-state index is -3.50. The normalized spacial score (nSPS) is 15.5. The third kappa shape index (κ3) is 4.84. The van der Waals surface area contributed by atoms with Crippen molar-refractivity contribution in [2.75, 3.05) is 44.4 Å². The van der Waals surface area contributed by atoms with E-state index in [4.69, 9.17) is 11.6 Å². The molecular formula is C20H24ClN3O3S. The Labute approximate surface area is 171 Å². The van der Waals surface area contributed by atoms with Crippen LogP contribution >= 0.6 is 11.6 Å². The molecule has 0 unspecified atom stereocenters. The maximum Gasteiger partial charge on any atom is 0.251 e. The van der Waals surface area contributed by atoms with Crippen molar-refractivity contribution in [3.63, 3.8) is 0 Å². The fourth-order valence-corrected chi connectivity index (χ4v) is 4.52. The molecular weight excluding hydrogens is 398 g/mol. The van der Waals surface area contributed by atoms with Gasteiger partial charge in [0.1, 0.15) is 0 Å². The topological polar surface area (TPSA) is 69.7 Å². The van der Waals surface area contributed by atoms with Gasteiger partial charge < -0.3 is 15.1 Å². The van der Waals surface area contributed by atoms with E-state index in [9.17, 15) is 13.2 Å². The van der Waals surface area contributed by atoms with Gasteiger partial charge in [0, 0.05) is 50.2 Å². The number of amides is 1. The monoisotopic (exact) mass is 421 g/mol. The number of rotatable bonds is 5. The number of likely N-dealkylation sites (N-methyl/N-ethyl adjacent to an activating group) is 1. The van der Waals surface area contributed by atoms with Gasteiger partial charge in [0.15, 0.2) is 9.84 Å². The Morgan fingerprint density at radius 2 is 1.79 bits per heavy atom. The van der Waals surface area contributed by atoms with Gasteiger partial charge in [0.2, 0.25) is 0 Å². The second kappa shape index (κ2) is 8.51. The molecule has 2 aromatic rings. The summed E-state index contributed by atoms with van der Waals surface area (Å²) in [7, 11) is -1.39. The summed E-state index contributed by atoms with van der Waals surface area (Å²) in [5.41, 5.74) is 2.41. The van der Waals surface area contributed by atoms with Crippen molar-refractivity contribution in [3.05, 3.63) is 58.6 Å². The summed E-state index contributed by atoms with van der Waals surface area (Å²) in [4.78, 5) is 17.1. The lowest BCUT2D eigenvalue weighted by Gasteiger charge is -2.35. The van der Waals surface area contributed by atoms with Crippen LogP contribution in [0.15, 0.2) is 47.4 Å². The van der Waals surface area contributed by atoms with Crippen molar-refractivity contribution >= 4 is 33.0 Å². The van der Waals surface area contributed by atoms with Gasteiger partial charge in [-0.05, 0) is 36.9 Å². The van der Waals surface area contributed by atoms with E-state index in [-0.39, 0.29) is 21.4 Å². The number of nitrogens with one attached hydrogen (secondary N) is 1. The van der Waals surface area contributed by atoms with Crippen LogP contribution in [0.2, 0.25) is 5.02 Å². The highest BCUT2D eigenvalue weighted by Gasteiger charge is 2.18. The van der Waals surface area contributed by atoms with Gasteiger partial charge in [0.25, 0.3) is 5.91 Å². The summed E-state index contributed by atoms with van der Waals surface area (Å²) < 4.78 is 23.7. The number of anilines is 1. The van der Waals surface area contributed by atoms with Crippen molar-refractivity contribution in [2.24, 2.45) is 0 Å². The highest BCUT2D eigenvalue weighted by Crippen LogP contribution is 2.24.